The zero-order chi connectivity index (χ0) is 12.8. The van der Waals surface area contributed by atoms with E-state index < -0.39 is 0 Å². The Morgan fingerprint density at radius 3 is 2.74 bits per heavy atom. The highest BCUT2D eigenvalue weighted by Gasteiger charge is 2.19. The fraction of sp³-hybridized carbons (Fsp3) is 0.533. The molecule has 1 fully saturated rings. The summed E-state index contributed by atoms with van der Waals surface area (Å²) in [4.78, 5) is 2.52. The predicted octanol–water partition coefficient (Wildman–Crippen LogP) is 2.41. The van der Waals surface area contributed by atoms with Crippen LogP contribution in [0.3, 0.4) is 0 Å². The molecule has 0 saturated carbocycles. The number of halogens is 1. The van der Waals surface area contributed by atoms with E-state index in [-0.39, 0.29) is 12.4 Å². The number of nitrogens with one attached hydrogen (secondary N) is 1. The van der Waals surface area contributed by atoms with Crippen molar-refractivity contribution in [3.05, 3.63) is 35.4 Å². The first kappa shape index (κ1) is 16.0. The maximum Gasteiger partial charge on any atom is 0.0991 e. The van der Waals surface area contributed by atoms with Gasteiger partial charge in [0.15, 0.2) is 0 Å². The second kappa shape index (κ2) is 8.16. The van der Waals surface area contributed by atoms with Gasteiger partial charge in [-0.15, -0.1) is 12.4 Å². The molecule has 1 aromatic carbocycles. The molecule has 19 heavy (non-hydrogen) atoms. The van der Waals surface area contributed by atoms with Gasteiger partial charge in [-0.25, -0.2) is 0 Å². The molecule has 0 amide bonds. The van der Waals surface area contributed by atoms with Crippen molar-refractivity contribution in [3.8, 4) is 6.07 Å². The van der Waals surface area contributed by atoms with Crippen LogP contribution >= 0.6 is 12.4 Å². The summed E-state index contributed by atoms with van der Waals surface area (Å²) in [5.74, 6) is 0.780. The molecule has 1 aliphatic heterocycles. The average Bonchev–Trinajstić information content (AvgIpc) is 2.40. The topological polar surface area (TPSA) is 39.1 Å². The van der Waals surface area contributed by atoms with Gasteiger partial charge in [-0.2, -0.15) is 5.26 Å². The molecule has 0 aliphatic carbocycles. The number of nitriles is 1. The summed E-state index contributed by atoms with van der Waals surface area (Å²) in [6, 6.07) is 10.1. The van der Waals surface area contributed by atoms with Gasteiger partial charge in [0.2, 0.25) is 0 Å². The number of hydrogen-bond acceptors (Lipinski definition) is 3. The molecule has 1 aromatic rings. The normalized spacial score (nSPS) is 19.5. The molecule has 1 saturated heterocycles. The standard InChI is InChI=1S/C15H21N3.ClH/c1-17-10-15-3-2-8-18(12-15)11-14-6-4-13(9-16)5-7-14;/h4-7,15,17H,2-3,8,10-12H2,1H3;1H. The Morgan fingerprint density at radius 2 is 2.11 bits per heavy atom. The van der Waals surface area contributed by atoms with Crippen molar-refractivity contribution in [1.82, 2.24) is 10.2 Å². The zero-order valence-corrected chi connectivity index (χ0v) is 12.2. The van der Waals surface area contributed by atoms with Gasteiger partial charge in [0.25, 0.3) is 0 Å². The maximum absolute atomic E-state index is 8.78. The highest BCUT2D eigenvalue weighted by molar-refractivity contribution is 5.85. The second-order valence-corrected chi connectivity index (χ2v) is 5.11. The molecular weight excluding hydrogens is 258 g/mol. The van der Waals surface area contributed by atoms with E-state index in [1.165, 1.54) is 31.5 Å². The number of piperidine rings is 1. The molecule has 1 aliphatic rings. The summed E-state index contributed by atoms with van der Waals surface area (Å²) in [7, 11) is 2.03. The highest BCUT2D eigenvalue weighted by Crippen LogP contribution is 2.18. The van der Waals surface area contributed by atoms with Crippen molar-refractivity contribution in [3.63, 3.8) is 0 Å². The van der Waals surface area contributed by atoms with E-state index in [2.05, 4.69) is 28.4 Å². The van der Waals surface area contributed by atoms with Gasteiger partial charge >= 0.3 is 0 Å². The Bertz CT molecular complexity index is 408. The van der Waals surface area contributed by atoms with Gasteiger partial charge in [-0.3, -0.25) is 4.90 Å². The number of nitrogens with zero attached hydrogens (tertiary/aromatic N) is 2. The van der Waals surface area contributed by atoms with Crippen LogP contribution in [0.4, 0.5) is 0 Å². The molecule has 1 heterocycles. The first-order chi connectivity index (χ1) is 8.81. The summed E-state index contributed by atoms with van der Waals surface area (Å²) in [5.41, 5.74) is 2.05. The molecule has 0 spiro atoms. The van der Waals surface area contributed by atoms with Gasteiger partial charge < -0.3 is 5.32 Å². The number of likely N-dealkylation sites (tertiary alicyclic amines) is 1. The molecule has 0 aromatic heterocycles. The summed E-state index contributed by atoms with van der Waals surface area (Å²) in [6.45, 7) is 4.50. The minimum atomic E-state index is 0. The number of hydrogen-bond donors (Lipinski definition) is 1. The first-order valence-corrected chi connectivity index (χ1v) is 6.68. The third-order valence-corrected chi connectivity index (χ3v) is 3.59. The zero-order valence-electron chi connectivity index (χ0n) is 11.4. The van der Waals surface area contributed by atoms with Crippen LogP contribution in [0.1, 0.15) is 24.0 Å². The SMILES string of the molecule is CNCC1CCCN(Cc2ccc(C#N)cc2)C1.Cl. The molecule has 1 atom stereocenters. The maximum atomic E-state index is 8.78. The Hall–Kier alpha value is -1.08. The van der Waals surface area contributed by atoms with Gasteiger partial charge in [0, 0.05) is 13.1 Å². The third kappa shape index (κ3) is 4.83. The minimum absolute atomic E-state index is 0. The van der Waals surface area contributed by atoms with Gasteiger partial charge in [-0.1, -0.05) is 12.1 Å². The summed E-state index contributed by atoms with van der Waals surface area (Å²) >= 11 is 0. The monoisotopic (exact) mass is 279 g/mol. The molecule has 3 nitrogen and oxygen atoms in total. The fourth-order valence-electron chi connectivity index (χ4n) is 2.69. The lowest BCUT2D eigenvalue weighted by atomic mass is 9.97. The number of benzene rings is 1. The van der Waals surface area contributed by atoms with Gasteiger partial charge in [0.05, 0.1) is 11.6 Å². The number of rotatable bonds is 4. The van der Waals surface area contributed by atoms with Crippen LogP contribution in [0.15, 0.2) is 24.3 Å². The van der Waals surface area contributed by atoms with E-state index in [0.717, 1.165) is 24.6 Å². The van der Waals surface area contributed by atoms with E-state index in [1.807, 2.05) is 19.2 Å². The first-order valence-electron chi connectivity index (χ1n) is 6.68. The summed E-state index contributed by atoms with van der Waals surface area (Å²) in [5, 5.41) is 12.1. The molecule has 1 N–H and O–H groups in total. The van der Waals surface area contributed by atoms with Crippen LogP contribution in [0.2, 0.25) is 0 Å². The van der Waals surface area contributed by atoms with E-state index in [0.29, 0.717) is 0 Å². The van der Waals surface area contributed by atoms with Crippen molar-refractivity contribution in [2.75, 3.05) is 26.7 Å². The van der Waals surface area contributed by atoms with Crippen molar-refractivity contribution in [1.29, 1.82) is 5.26 Å². The Labute approximate surface area is 122 Å². The van der Waals surface area contributed by atoms with Gasteiger partial charge in [-0.05, 0) is 56.6 Å². The average molecular weight is 280 g/mol. The van der Waals surface area contributed by atoms with Crippen LogP contribution in [0, 0.1) is 17.2 Å². The lowest BCUT2D eigenvalue weighted by Gasteiger charge is -2.32. The Morgan fingerprint density at radius 1 is 1.37 bits per heavy atom. The van der Waals surface area contributed by atoms with Gasteiger partial charge in [0.1, 0.15) is 0 Å². The molecule has 2 rings (SSSR count). The van der Waals surface area contributed by atoms with E-state index in [1.54, 1.807) is 0 Å². The third-order valence-electron chi connectivity index (χ3n) is 3.59. The quantitative estimate of drug-likeness (QED) is 0.920. The Kier molecular flexibility index (Phi) is 6.86. The smallest absolute Gasteiger partial charge is 0.0991 e. The summed E-state index contributed by atoms with van der Waals surface area (Å²) in [6.07, 6.45) is 2.63. The molecular formula is C15H22ClN3. The second-order valence-electron chi connectivity index (χ2n) is 5.11. The van der Waals surface area contributed by atoms with Crippen LogP contribution in [-0.2, 0) is 6.54 Å². The molecule has 0 bridgehead atoms. The highest BCUT2D eigenvalue weighted by atomic mass is 35.5. The van der Waals surface area contributed by atoms with E-state index >= 15 is 0 Å². The predicted molar refractivity (Wildman–Crippen MR) is 80.3 cm³/mol. The Balaban J connectivity index is 0.00000180. The van der Waals surface area contributed by atoms with E-state index in [9.17, 15) is 0 Å². The van der Waals surface area contributed by atoms with Crippen molar-refractivity contribution < 1.29 is 0 Å². The summed E-state index contributed by atoms with van der Waals surface area (Å²) < 4.78 is 0. The largest absolute Gasteiger partial charge is 0.319 e. The minimum Gasteiger partial charge on any atom is -0.319 e. The molecule has 104 valence electrons. The van der Waals surface area contributed by atoms with Crippen LogP contribution < -0.4 is 5.32 Å². The lowest BCUT2D eigenvalue weighted by molar-refractivity contribution is 0.167. The van der Waals surface area contributed by atoms with Crippen molar-refractivity contribution >= 4 is 12.4 Å². The van der Waals surface area contributed by atoms with Crippen LogP contribution in [0.25, 0.3) is 0 Å². The lowest BCUT2D eigenvalue weighted by Crippen LogP contribution is -2.38. The fourth-order valence-corrected chi connectivity index (χ4v) is 2.69. The molecule has 4 heteroatoms. The van der Waals surface area contributed by atoms with E-state index in [4.69, 9.17) is 5.26 Å². The molecule has 0 radical (unpaired) electrons. The van der Waals surface area contributed by atoms with Crippen molar-refractivity contribution in [2.45, 2.75) is 19.4 Å². The van der Waals surface area contributed by atoms with Crippen LogP contribution in [0.5, 0.6) is 0 Å². The van der Waals surface area contributed by atoms with Crippen molar-refractivity contribution in [2.24, 2.45) is 5.92 Å². The molecule has 1 unspecified atom stereocenters. The van der Waals surface area contributed by atoms with Crippen LogP contribution in [-0.4, -0.2) is 31.6 Å².